The molecule has 2 saturated heterocycles. The summed E-state index contributed by atoms with van der Waals surface area (Å²) < 4.78 is 10.1. The van der Waals surface area contributed by atoms with Crippen LogP contribution in [0.3, 0.4) is 0 Å². The molecule has 3 atom stereocenters. The number of epoxide rings is 1. The second kappa shape index (κ2) is 4.59. The summed E-state index contributed by atoms with van der Waals surface area (Å²) in [6, 6.07) is 9.67. The smallest absolute Gasteiger partial charge is 0.350 e. The first-order valence-corrected chi connectivity index (χ1v) is 6.73. The van der Waals surface area contributed by atoms with Crippen LogP contribution in [0, 0.1) is 0 Å². The van der Waals surface area contributed by atoms with E-state index in [0.717, 1.165) is 5.56 Å². The van der Waals surface area contributed by atoms with Gasteiger partial charge < -0.3 is 14.4 Å². The van der Waals surface area contributed by atoms with Gasteiger partial charge in [0.15, 0.2) is 0 Å². The third-order valence-electron chi connectivity index (χ3n) is 4.17. The molecule has 106 valence electrons. The van der Waals surface area contributed by atoms with Gasteiger partial charge in [-0.15, -0.1) is 0 Å². The largest absolute Gasteiger partial charge is 0.466 e. The molecule has 2 aliphatic heterocycles. The van der Waals surface area contributed by atoms with Crippen LogP contribution in [0.25, 0.3) is 0 Å². The van der Waals surface area contributed by atoms with E-state index in [-0.39, 0.29) is 18.1 Å². The first kappa shape index (κ1) is 13.1. The number of nitrogens with zero attached hydrogens (tertiary/aromatic N) is 1. The molecule has 0 N–H and O–H groups in total. The Morgan fingerprint density at radius 3 is 2.80 bits per heavy atom. The number of amides is 1. The Labute approximate surface area is 117 Å². The van der Waals surface area contributed by atoms with Gasteiger partial charge in [-0.2, -0.15) is 0 Å². The van der Waals surface area contributed by atoms with Crippen molar-refractivity contribution in [2.75, 3.05) is 13.7 Å². The zero-order chi connectivity index (χ0) is 14.3. The van der Waals surface area contributed by atoms with Gasteiger partial charge in [0.2, 0.25) is 0 Å². The molecular weight excluding hydrogens is 258 g/mol. The summed E-state index contributed by atoms with van der Waals surface area (Å²) in [4.78, 5) is 26.2. The number of hydrogen-bond acceptors (Lipinski definition) is 4. The maximum absolute atomic E-state index is 12.6. The highest BCUT2D eigenvalue weighted by Crippen LogP contribution is 2.46. The van der Waals surface area contributed by atoms with Crippen LogP contribution >= 0.6 is 0 Å². The standard InChI is InChI=1S/C15H17NO4/c1-10(11-6-4-3-5-7-11)16-9-8-12-15(20-12,13(16)17)14(18)19-2/h3-7,10,12H,8-9H2,1-2H3/t10-,12+,15+/m0/s1. The minimum absolute atomic E-state index is 0.0876. The average Bonchev–Trinajstić information content (AvgIpc) is 3.24. The zero-order valence-corrected chi connectivity index (χ0v) is 11.5. The van der Waals surface area contributed by atoms with Crippen LogP contribution < -0.4 is 0 Å². The van der Waals surface area contributed by atoms with E-state index >= 15 is 0 Å². The predicted molar refractivity (Wildman–Crippen MR) is 70.8 cm³/mol. The van der Waals surface area contributed by atoms with E-state index in [9.17, 15) is 9.59 Å². The highest BCUT2D eigenvalue weighted by Gasteiger charge is 2.72. The summed E-state index contributed by atoms with van der Waals surface area (Å²) in [5.74, 6) is -0.866. The van der Waals surface area contributed by atoms with E-state index in [0.29, 0.717) is 13.0 Å². The summed E-state index contributed by atoms with van der Waals surface area (Å²) in [5.41, 5.74) is -0.337. The number of esters is 1. The van der Waals surface area contributed by atoms with Crippen molar-refractivity contribution >= 4 is 11.9 Å². The predicted octanol–water partition coefficient (Wildman–Crippen LogP) is 1.29. The van der Waals surface area contributed by atoms with E-state index in [2.05, 4.69) is 0 Å². The van der Waals surface area contributed by atoms with Crippen molar-refractivity contribution in [1.82, 2.24) is 4.90 Å². The number of ether oxygens (including phenoxy) is 2. The van der Waals surface area contributed by atoms with Crippen LogP contribution in [0.4, 0.5) is 0 Å². The summed E-state index contributed by atoms with van der Waals surface area (Å²) >= 11 is 0. The second-order valence-corrected chi connectivity index (χ2v) is 5.21. The Hall–Kier alpha value is -1.88. The van der Waals surface area contributed by atoms with Crippen LogP contribution in [-0.2, 0) is 19.1 Å². The van der Waals surface area contributed by atoms with Crippen molar-refractivity contribution in [1.29, 1.82) is 0 Å². The Morgan fingerprint density at radius 2 is 2.15 bits per heavy atom. The van der Waals surface area contributed by atoms with Gasteiger partial charge in [0.05, 0.1) is 13.2 Å². The van der Waals surface area contributed by atoms with Gasteiger partial charge in [-0.25, -0.2) is 4.79 Å². The summed E-state index contributed by atoms with van der Waals surface area (Å²) in [6.45, 7) is 2.55. The number of methoxy groups -OCH3 is 1. The molecule has 1 aromatic rings. The third-order valence-corrected chi connectivity index (χ3v) is 4.17. The number of rotatable bonds is 3. The van der Waals surface area contributed by atoms with Gasteiger partial charge >= 0.3 is 5.97 Å². The number of fused-ring (bicyclic) bond motifs is 1. The molecule has 0 unspecified atom stereocenters. The van der Waals surface area contributed by atoms with Gasteiger partial charge in [-0.05, 0) is 18.9 Å². The lowest BCUT2D eigenvalue weighted by Crippen LogP contribution is -2.52. The SMILES string of the molecule is COC(=O)[C@@]12O[C@@H]1CCN([C@@H](C)c1ccccc1)C2=O. The molecule has 0 spiro atoms. The molecule has 5 heteroatoms. The molecular formula is C15H17NO4. The van der Waals surface area contributed by atoms with Gasteiger partial charge in [-0.1, -0.05) is 30.3 Å². The Morgan fingerprint density at radius 1 is 1.45 bits per heavy atom. The van der Waals surface area contributed by atoms with E-state index in [1.54, 1.807) is 4.90 Å². The minimum Gasteiger partial charge on any atom is -0.466 e. The van der Waals surface area contributed by atoms with Crippen molar-refractivity contribution in [3.05, 3.63) is 35.9 Å². The van der Waals surface area contributed by atoms with E-state index in [4.69, 9.17) is 9.47 Å². The monoisotopic (exact) mass is 275 g/mol. The van der Waals surface area contributed by atoms with Crippen LogP contribution in [0.15, 0.2) is 30.3 Å². The van der Waals surface area contributed by atoms with Crippen LogP contribution in [0.1, 0.15) is 24.9 Å². The second-order valence-electron chi connectivity index (χ2n) is 5.21. The van der Waals surface area contributed by atoms with Gasteiger partial charge in [0.1, 0.15) is 6.10 Å². The summed E-state index contributed by atoms with van der Waals surface area (Å²) in [7, 11) is 1.28. The van der Waals surface area contributed by atoms with Crippen LogP contribution in [0.2, 0.25) is 0 Å². The van der Waals surface area contributed by atoms with Crippen molar-refractivity contribution in [2.24, 2.45) is 0 Å². The zero-order valence-electron chi connectivity index (χ0n) is 11.5. The van der Waals surface area contributed by atoms with E-state index in [1.807, 2.05) is 37.3 Å². The minimum atomic E-state index is -1.38. The van der Waals surface area contributed by atoms with Gasteiger partial charge in [0.25, 0.3) is 11.5 Å². The fraction of sp³-hybridized carbons (Fsp3) is 0.467. The Kier molecular flexibility index (Phi) is 3.01. The van der Waals surface area contributed by atoms with Gasteiger partial charge in [-0.3, -0.25) is 4.79 Å². The number of hydrogen-bond donors (Lipinski definition) is 0. The maximum atomic E-state index is 12.6. The normalized spacial score (nSPS) is 29.6. The first-order chi connectivity index (χ1) is 9.61. The topological polar surface area (TPSA) is 59.1 Å². The number of piperidine rings is 1. The van der Waals surface area contributed by atoms with Crippen LogP contribution in [0.5, 0.6) is 0 Å². The summed E-state index contributed by atoms with van der Waals surface area (Å²) in [6.07, 6.45) is 0.347. The molecule has 0 radical (unpaired) electrons. The lowest BCUT2D eigenvalue weighted by molar-refractivity contribution is -0.157. The molecule has 3 rings (SSSR count). The highest BCUT2D eigenvalue weighted by molar-refractivity contribution is 6.10. The lowest BCUT2D eigenvalue weighted by atomic mass is 9.94. The van der Waals surface area contributed by atoms with Crippen LogP contribution in [-0.4, -0.2) is 42.1 Å². The molecule has 2 heterocycles. The average molecular weight is 275 g/mol. The summed E-state index contributed by atoms with van der Waals surface area (Å²) in [5, 5.41) is 0. The highest BCUT2D eigenvalue weighted by atomic mass is 16.7. The Balaban J connectivity index is 1.85. The van der Waals surface area contributed by atoms with E-state index < -0.39 is 11.6 Å². The molecule has 20 heavy (non-hydrogen) atoms. The molecule has 0 aliphatic carbocycles. The molecule has 0 bridgehead atoms. The fourth-order valence-corrected chi connectivity index (χ4v) is 2.91. The molecule has 0 saturated carbocycles. The fourth-order valence-electron chi connectivity index (χ4n) is 2.91. The quantitative estimate of drug-likeness (QED) is 0.474. The van der Waals surface area contributed by atoms with E-state index in [1.165, 1.54) is 7.11 Å². The van der Waals surface area contributed by atoms with Gasteiger partial charge in [0, 0.05) is 6.54 Å². The van der Waals surface area contributed by atoms with Crippen molar-refractivity contribution in [2.45, 2.75) is 31.1 Å². The number of benzene rings is 1. The molecule has 1 amide bonds. The third kappa shape index (κ3) is 1.73. The van der Waals surface area contributed by atoms with Crippen molar-refractivity contribution < 1.29 is 19.1 Å². The molecule has 1 aromatic carbocycles. The maximum Gasteiger partial charge on any atom is 0.350 e. The molecule has 0 aromatic heterocycles. The number of carbonyl (C=O) groups is 2. The molecule has 2 fully saturated rings. The number of carbonyl (C=O) groups excluding carboxylic acids is 2. The van der Waals surface area contributed by atoms with Crippen molar-refractivity contribution in [3.63, 3.8) is 0 Å². The van der Waals surface area contributed by atoms with Crippen molar-refractivity contribution in [3.8, 4) is 0 Å². The molecule has 2 aliphatic rings. The Bertz CT molecular complexity index is 544. The number of likely N-dealkylation sites (tertiary alicyclic amines) is 1. The first-order valence-electron chi connectivity index (χ1n) is 6.73. The lowest BCUT2D eigenvalue weighted by Gasteiger charge is -2.33. The molecule has 5 nitrogen and oxygen atoms in total.